The van der Waals surface area contributed by atoms with Crippen LogP contribution in [-0.2, 0) is 25.5 Å². The molecule has 3 aromatic carbocycles. The highest BCUT2D eigenvalue weighted by Gasteiger charge is 2.55. The molecule has 3 N–H and O–H groups in total. The molecule has 1 aromatic heterocycles. The first-order valence-electron chi connectivity index (χ1n) is 30.2. The summed E-state index contributed by atoms with van der Waals surface area (Å²) in [5.41, 5.74) is 0.892. The molecule has 2 bridgehead atoms. The zero-order valence-corrected chi connectivity index (χ0v) is 48.1. The number of hydrogen-bond acceptors (Lipinski definition) is 12. The van der Waals surface area contributed by atoms with E-state index in [0.717, 1.165) is 109 Å². The first-order valence-corrected chi connectivity index (χ1v) is 30.2. The minimum atomic E-state index is -0.858. The van der Waals surface area contributed by atoms with Gasteiger partial charge in [0.15, 0.2) is 0 Å². The predicted octanol–water partition coefficient (Wildman–Crippen LogP) is 6.69. The fourth-order valence-electron chi connectivity index (χ4n) is 13.9. The summed E-state index contributed by atoms with van der Waals surface area (Å²) in [5, 5.41) is 23.6. The Morgan fingerprint density at radius 3 is 2.23 bits per heavy atom. The average Bonchev–Trinajstić information content (AvgIpc) is 4.19. The van der Waals surface area contributed by atoms with E-state index in [0.29, 0.717) is 79.9 Å². The molecule has 3 aliphatic carbocycles. The van der Waals surface area contributed by atoms with Crippen LogP contribution in [0.5, 0.6) is 0 Å². The number of aliphatic hydroxyl groups excluding tert-OH is 1. The molecule has 19 heteroatoms. The lowest BCUT2D eigenvalue weighted by atomic mass is 9.65. The smallest absolute Gasteiger partial charge is 0.411 e. The number of aromatic amines is 1. The number of ether oxygens (including phenoxy) is 2. The second-order valence-electron chi connectivity index (χ2n) is 25.6. The van der Waals surface area contributed by atoms with Crippen LogP contribution >= 0.6 is 0 Å². The highest BCUT2D eigenvalue weighted by molar-refractivity contribution is 5.96. The number of benzene rings is 3. The van der Waals surface area contributed by atoms with Crippen molar-refractivity contribution in [3.8, 4) is 0 Å². The summed E-state index contributed by atoms with van der Waals surface area (Å²) in [6.45, 7) is 11.7. The van der Waals surface area contributed by atoms with Crippen molar-refractivity contribution < 1.29 is 42.9 Å². The van der Waals surface area contributed by atoms with E-state index in [-0.39, 0.29) is 72.0 Å². The third kappa shape index (κ3) is 12.8. The molecule has 5 amide bonds. The number of piperazine rings is 2. The third-order valence-electron chi connectivity index (χ3n) is 18.9. The van der Waals surface area contributed by atoms with E-state index in [1.54, 1.807) is 34.1 Å². The first kappa shape index (κ1) is 57.5. The van der Waals surface area contributed by atoms with E-state index in [2.05, 4.69) is 25.3 Å². The van der Waals surface area contributed by atoms with Crippen LogP contribution in [0.25, 0.3) is 10.8 Å². The lowest BCUT2D eigenvalue weighted by molar-refractivity contribution is -0.204. The number of hydrogen-bond donors (Lipinski definition) is 3. The quantitative estimate of drug-likeness (QED) is 0.114. The van der Waals surface area contributed by atoms with E-state index in [4.69, 9.17) is 9.47 Å². The lowest BCUT2D eigenvalue weighted by Gasteiger charge is -2.55. The van der Waals surface area contributed by atoms with Crippen LogP contribution in [0.4, 0.5) is 9.18 Å². The Morgan fingerprint density at radius 1 is 0.817 bits per heavy atom. The van der Waals surface area contributed by atoms with Gasteiger partial charge in [-0.25, -0.2) is 14.3 Å². The van der Waals surface area contributed by atoms with Gasteiger partial charge in [0.05, 0.1) is 40.3 Å². The summed E-state index contributed by atoms with van der Waals surface area (Å²) in [6, 6.07) is 19.0. The molecule has 8 aliphatic rings. The Bertz CT molecular complexity index is 3040. The van der Waals surface area contributed by atoms with Gasteiger partial charge >= 0.3 is 6.09 Å². The number of carbonyl (C=O) groups excluding carboxylic acids is 5. The predicted molar refractivity (Wildman–Crippen MR) is 306 cm³/mol. The molecule has 0 spiro atoms. The van der Waals surface area contributed by atoms with Crippen LogP contribution < -0.4 is 10.9 Å². The Morgan fingerprint density at radius 2 is 1.54 bits per heavy atom. The number of carbonyl (C=O) groups is 5. The third-order valence-corrected chi connectivity index (χ3v) is 18.9. The van der Waals surface area contributed by atoms with Gasteiger partial charge in [-0.05, 0) is 132 Å². The molecular formula is C63H82FN9O9. The summed E-state index contributed by atoms with van der Waals surface area (Å²) in [4.78, 5) is 93.0. The van der Waals surface area contributed by atoms with E-state index in [1.807, 2.05) is 67.0 Å². The molecule has 3 atom stereocenters. The maximum Gasteiger partial charge on any atom is 0.411 e. The minimum Gasteiger partial charge on any atom is -0.444 e. The van der Waals surface area contributed by atoms with Gasteiger partial charge in [-0.1, -0.05) is 55.7 Å². The highest BCUT2D eigenvalue weighted by Crippen LogP contribution is 2.50. The molecule has 5 aliphatic heterocycles. The fraction of sp³-hybridized carbons (Fsp3) is 0.603. The van der Waals surface area contributed by atoms with Crippen molar-refractivity contribution in [2.45, 2.75) is 146 Å². The number of rotatable bonds is 15. The van der Waals surface area contributed by atoms with E-state index in [9.17, 15) is 33.9 Å². The SMILES string of the molecule is CC(C)(C)OC(=O)N(CC(=O)N1CCCC(c2cccc(C(=O)N[C@H](C3CCCCC3)C(O)N3CCN(CC45CCC(C(=O)N6CCN(C(=O)c7cc(Cc8n[nH]c(=O)c9ccccc89)ccc7F)CC6)(CC4)CO5)CC3)c2)C1)C1CC1. The molecule has 3 saturated carbocycles. The van der Waals surface area contributed by atoms with Gasteiger partial charge in [0.2, 0.25) is 11.8 Å². The number of nitrogens with one attached hydrogen (secondary N) is 2. The van der Waals surface area contributed by atoms with Crippen molar-refractivity contribution in [1.82, 2.24) is 44.9 Å². The molecule has 0 radical (unpaired) electrons. The number of aliphatic hydroxyl groups is 1. The Hall–Kier alpha value is -6.28. The number of piperidine rings is 1. The zero-order chi connectivity index (χ0) is 57.3. The van der Waals surface area contributed by atoms with Gasteiger partial charge in [-0.2, -0.15) is 5.10 Å². The first-order chi connectivity index (χ1) is 39.4. The van der Waals surface area contributed by atoms with Gasteiger partial charge in [0, 0.05) is 101 Å². The zero-order valence-electron chi connectivity index (χ0n) is 48.1. The Kier molecular flexibility index (Phi) is 16.9. The highest BCUT2D eigenvalue weighted by atomic mass is 19.1. The van der Waals surface area contributed by atoms with Crippen LogP contribution in [0.2, 0.25) is 0 Å². The Labute approximate surface area is 480 Å². The van der Waals surface area contributed by atoms with Crippen LogP contribution in [0.15, 0.2) is 71.5 Å². The van der Waals surface area contributed by atoms with Crippen LogP contribution in [0.3, 0.4) is 0 Å². The summed E-state index contributed by atoms with van der Waals surface area (Å²) < 4.78 is 27.7. The number of fused-ring (bicyclic) bond motifs is 4. The Balaban J connectivity index is 0.649. The molecule has 440 valence electrons. The van der Waals surface area contributed by atoms with Crippen molar-refractivity contribution >= 4 is 40.5 Å². The molecule has 2 unspecified atom stereocenters. The van der Waals surface area contributed by atoms with Crippen molar-refractivity contribution in [3.63, 3.8) is 0 Å². The lowest BCUT2D eigenvalue weighted by Crippen LogP contribution is -2.64. The molecule has 6 heterocycles. The number of amides is 5. The maximum atomic E-state index is 15.3. The molecule has 82 heavy (non-hydrogen) atoms. The molecule has 5 saturated heterocycles. The number of nitrogens with zero attached hydrogens (tertiary/aromatic N) is 7. The van der Waals surface area contributed by atoms with Crippen LogP contribution in [0, 0.1) is 17.2 Å². The summed E-state index contributed by atoms with van der Waals surface area (Å²) >= 11 is 0. The van der Waals surface area contributed by atoms with Gasteiger partial charge in [0.1, 0.15) is 24.2 Å². The summed E-state index contributed by atoms with van der Waals surface area (Å²) in [6.07, 6.45) is 10.6. The van der Waals surface area contributed by atoms with E-state index < -0.39 is 41.1 Å². The van der Waals surface area contributed by atoms with Crippen molar-refractivity contribution in [2.24, 2.45) is 11.3 Å². The van der Waals surface area contributed by atoms with Gasteiger partial charge in [-0.3, -0.25) is 38.7 Å². The second kappa shape index (κ2) is 24.1. The molecule has 8 fully saturated rings. The van der Waals surface area contributed by atoms with Crippen molar-refractivity contribution in [3.05, 3.63) is 111 Å². The van der Waals surface area contributed by atoms with Gasteiger partial charge in [-0.15, -0.1) is 0 Å². The van der Waals surface area contributed by atoms with E-state index in [1.165, 1.54) is 6.07 Å². The monoisotopic (exact) mass is 1130 g/mol. The molecular weight excluding hydrogens is 1050 g/mol. The molecule has 4 aromatic rings. The maximum absolute atomic E-state index is 15.3. The molecule has 18 nitrogen and oxygen atoms in total. The minimum absolute atomic E-state index is 0.00569. The standard InChI is InChI=1S/C63H82FN9O9/c1-61(2,3)82-60(80)73(47-19-20-47)39-53(74)72-26-10-15-46(38-72)44-13-9-14-45(37-44)55(75)65-54(43-11-5-4-6-12-43)58(78)70-29-27-68(28-30-70)40-63-24-22-62(23-25-63,41-81-63)59(79)71-33-31-69(32-34-71)57(77)50-35-42(18-21-51(50)64)36-52-48-16-7-8-17-49(48)56(76)67-66-52/h7-9,13-14,16-18,21,35,37,43,46-47,54,58,78H,4-6,10-12,15,19-20,22-34,36,38-41H2,1-3H3,(H,65,75)(H,67,76)/t46?,54-,58?,62?,63?/m1/s1. The van der Waals surface area contributed by atoms with Crippen LogP contribution in [-0.4, -0.2) is 189 Å². The number of H-pyrrole nitrogens is 1. The number of halogens is 1. The normalized spacial score (nSPS) is 24.7. The number of aromatic nitrogens is 2. The topological polar surface area (TPSA) is 201 Å². The van der Waals surface area contributed by atoms with Crippen molar-refractivity contribution in [2.75, 3.05) is 85.1 Å². The number of likely N-dealkylation sites (tertiary alicyclic amines) is 1. The van der Waals surface area contributed by atoms with Gasteiger partial charge in [0.25, 0.3) is 17.4 Å². The van der Waals surface area contributed by atoms with Crippen LogP contribution in [0.1, 0.15) is 148 Å². The van der Waals surface area contributed by atoms with Gasteiger partial charge < -0.3 is 34.6 Å². The average molecular weight is 1130 g/mol. The summed E-state index contributed by atoms with van der Waals surface area (Å²) in [7, 11) is 0. The summed E-state index contributed by atoms with van der Waals surface area (Å²) in [5.74, 6) is -1.09. The second-order valence-corrected chi connectivity index (χ2v) is 25.6. The van der Waals surface area contributed by atoms with E-state index >= 15 is 4.39 Å². The molecule has 12 rings (SSSR count). The van der Waals surface area contributed by atoms with Crippen molar-refractivity contribution in [1.29, 1.82) is 0 Å². The largest absolute Gasteiger partial charge is 0.444 e. The fourth-order valence-corrected chi connectivity index (χ4v) is 13.9.